The topological polar surface area (TPSA) is 63.7 Å². The van der Waals surface area contributed by atoms with Crippen molar-refractivity contribution in [1.29, 1.82) is 0 Å². The molecule has 0 bridgehead atoms. The molecule has 0 fully saturated rings. The summed E-state index contributed by atoms with van der Waals surface area (Å²) < 4.78 is 5.35. The molecule has 0 saturated carbocycles. The molecule has 2 amide bonds. The monoisotopic (exact) mass is 327 g/mol. The third-order valence-corrected chi connectivity index (χ3v) is 4.40. The van der Waals surface area contributed by atoms with Crippen molar-refractivity contribution in [3.8, 4) is 0 Å². The van der Waals surface area contributed by atoms with E-state index in [1.807, 2.05) is 31.8 Å². The van der Waals surface area contributed by atoms with Crippen LogP contribution in [0.1, 0.15) is 20.7 Å². The van der Waals surface area contributed by atoms with Gasteiger partial charge in [-0.2, -0.15) is 0 Å². The van der Waals surface area contributed by atoms with Gasteiger partial charge in [-0.15, -0.1) is 0 Å². The van der Waals surface area contributed by atoms with Crippen LogP contribution >= 0.6 is 0 Å². The first kappa shape index (κ1) is 15.4. The highest BCUT2D eigenvalue weighted by Gasteiger charge is 2.35. The fraction of sp³-hybridized carbons (Fsp3) is 0.235. The molecular formula is C17H17NO4Si. The van der Waals surface area contributed by atoms with Crippen LogP contribution in [0.5, 0.6) is 0 Å². The zero-order valence-electron chi connectivity index (χ0n) is 13.3. The second-order valence-electron chi connectivity index (χ2n) is 6.49. The van der Waals surface area contributed by atoms with E-state index in [2.05, 4.69) is 0 Å². The van der Waals surface area contributed by atoms with Gasteiger partial charge in [-0.3, -0.25) is 19.3 Å². The van der Waals surface area contributed by atoms with E-state index in [1.54, 1.807) is 24.3 Å². The molecule has 0 atom stereocenters. The first-order valence-electron chi connectivity index (χ1n) is 7.38. The van der Waals surface area contributed by atoms with Crippen LogP contribution in [0.25, 0.3) is 10.8 Å². The highest BCUT2D eigenvalue weighted by atomic mass is 28.4. The molecule has 23 heavy (non-hydrogen) atoms. The lowest BCUT2D eigenvalue weighted by molar-refractivity contribution is -0.135. The molecule has 0 aliphatic carbocycles. The first-order valence-corrected chi connectivity index (χ1v) is 10.8. The number of imide groups is 1. The van der Waals surface area contributed by atoms with Crippen LogP contribution in [0.3, 0.4) is 0 Å². The molecule has 0 unspecified atom stereocenters. The Bertz CT molecular complexity index is 787. The van der Waals surface area contributed by atoms with Crippen molar-refractivity contribution < 1.29 is 18.8 Å². The highest BCUT2D eigenvalue weighted by molar-refractivity contribution is 6.71. The Morgan fingerprint density at radius 2 is 1.52 bits per heavy atom. The van der Waals surface area contributed by atoms with E-state index in [1.165, 1.54) is 0 Å². The van der Waals surface area contributed by atoms with Crippen molar-refractivity contribution in [1.82, 2.24) is 4.90 Å². The van der Waals surface area contributed by atoms with Crippen molar-refractivity contribution in [3.05, 3.63) is 47.5 Å². The summed E-state index contributed by atoms with van der Waals surface area (Å²) in [7, 11) is -2.07. The van der Waals surface area contributed by atoms with Crippen LogP contribution in [-0.4, -0.2) is 37.5 Å². The molecule has 5 nitrogen and oxygen atoms in total. The third kappa shape index (κ3) is 2.77. The Morgan fingerprint density at radius 1 is 1.00 bits per heavy atom. The van der Waals surface area contributed by atoms with Gasteiger partial charge in [0.15, 0.2) is 0 Å². The Labute approximate surface area is 135 Å². The minimum atomic E-state index is -2.07. The standard InChI is InChI=1S/C17H17NO4Si/c1-23(2,3)22-14(19)10-18-16(20)12-8-4-6-11-7-5-9-13(15(11)12)17(18)21/h4-9H,10H2,1-3H3. The van der Waals surface area contributed by atoms with Crippen molar-refractivity contribution in [3.63, 3.8) is 0 Å². The predicted molar refractivity (Wildman–Crippen MR) is 88.8 cm³/mol. The number of hydrogen-bond donors (Lipinski definition) is 0. The van der Waals surface area contributed by atoms with Crippen LogP contribution < -0.4 is 0 Å². The zero-order valence-corrected chi connectivity index (χ0v) is 14.3. The first-order chi connectivity index (χ1) is 10.8. The second kappa shape index (κ2) is 5.31. The summed E-state index contributed by atoms with van der Waals surface area (Å²) in [6.07, 6.45) is 0. The normalized spacial score (nSPS) is 14.3. The van der Waals surface area contributed by atoms with Crippen LogP contribution in [0.4, 0.5) is 0 Å². The molecule has 2 aromatic carbocycles. The molecule has 6 heteroatoms. The van der Waals surface area contributed by atoms with Crippen molar-refractivity contribution in [2.24, 2.45) is 0 Å². The van der Waals surface area contributed by atoms with E-state index in [4.69, 9.17) is 4.43 Å². The number of carbonyl (C=O) groups is 3. The minimum absolute atomic E-state index is 0.355. The van der Waals surface area contributed by atoms with Crippen LogP contribution in [-0.2, 0) is 9.22 Å². The van der Waals surface area contributed by atoms with Crippen LogP contribution in [0.15, 0.2) is 36.4 Å². The summed E-state index contributed by atoms with van der Waals surface area (Å²) in [6, 6.07) is 10.6. The van der Waals surface area contributed by atoms with Crippen molar-refractivity contribution >= 4 is 36.9 Å². The third-order valence-electron chi connectivity index (χ3n) is 3.56. The quantitative estimate of drug-likeness (QED) is 0.642. The Balaban J connectivity index is 1.99. The summed E-state index contributed by atoms with van der Waals surface area (Å²) in [4.78, 5) is 38.3. The van der Waals surface area contributed by atoms with Gasteiger partial charge in [0.05, 0.1) is 0 Å². The Morgan fingerprint density at radius 3 is 2.00 bits per heavy atom. The number of benzene rings is 2. The maximum Gasteiger partial charge on any atom is 0.312 e. The molecule has 1 aliphatic rings. The maximum atomic E-state index is 12.6. The Kier molecular flexibility index (Phi) is 3.56. The van der Waals surface area contributed by atoms with Gasteiger partial charge in [0.2, 0.25) is 8.32 Å². The molecule has 0 spiro atoms. The number of hydrogen-bond acceptors (Lipinski definition) is 4. The van der Waals surface area contributed by atoms with Crippen molar-refractivity contribution in [2.75, 3.05) is 6.54 Å². The average molecular weight is 327 g/mol. The minimum Gasteiger partial charge on any atom is -0.519 e. The summed E-state index contributed by atoms with van der Waals surface area (Å²) in [6.45, 7) is 5.27. The molecule has 3 rings (SSSR count). The van der Waals surface area contributed by atoms with Gasteiger partial charge in [0.1, 0.15) is 6.54 Å². The second-order valence-corrected chi connectivity index (χ2v) is 10.9. The van der Waals surface area contributed by atoms with E-state index in [9.17, 15) is 14.4 Å². The molecule has 1 aliphatic heterocycles. The number of amides is 2. The summed E-state index contributed by atoms with van der Waals surface area (Å²) >= 11 is 0. The molecule has 0 aromatic heterocycles. The van der Waals surface area contributed by atoms with E-state index in [0.29, 0.717) is 16.5 Å². The van der Waals surface area contributed by atoms with Crippen molar-refractivity contribution in [2.45, 2.75) is 19.6 Å². The van der Waals surface area contributed by atoms with Gasteiger partial charge < -0.3 is 4.43 Å². The molecule has 0 saturated heterocycles. The lowest BCUT2D eigenvalue weighted by atomic mass is 9.94. The predicted octanol–water partition coefficient (Wildman–Crippen LogP) is 2.81. The molecule has 0 radical (unpaired) electrons. The van der Waals surface area contributed by atoms with E-state index < -0.39 is 26.1 Å². The fourth-order valence-corrected chi connectivity index (χ4v) is 3.47. The zero-order chi connectivity index (χ0) is 16.8. The smallest absolute Gasteiger partial charge is 0.312 e. The lowest BCUT2D eigenvalue weighted by Gasteiger charge is -2.27. The van der Waals surface area contributed by atoms with Gasteiger partial charge in [-0.05, 0) is 37.2 Å². The lowest BCUT2D eigenvalue weighted by Crippen LogP contribution is -2.45. The van der Waals surface area contributed by atoms with Gasteiger partial charge in [-0.1, -0.05) is 24.3 Å². The average Bonchev–Trinajstić information content (AvgIpc) is 2.47. The molecule has 118 valence electrons. The number of nitrogens with zero attached hydrogens (tertiary/aromatic N) is 1. The molecule has 2 aromatic rings. The number of carbonyl (C=O) groups excluding carboxylic acids is 3. The largest absolute Gasteiger partial charge is 0.519 e. The van der Waals surface area contributed by atoms with Gasteiger partial charge in [-0.25, -0.2) is 0 Å². The molecule has 0 N–H and O–H groups in total. The van der Waals surface area contributed by atoms with E-state index in [0.717, 1.165) is 10.3 Å². The fourth-order valence-electron chi connectivity index (χ4n) is 2.73. The Hall–Kier alpha value is -2.47. The summed E-state index contributed by atoms with van der Waals surface area (Å²) in [5, 5.41) is 1.49. The van der Waals surface area contributed by atoms with Gasteiger partial charge in [0.25, 0.3) is 11.8 Å². The highest BCUT2D eigenvalue weighted by Crippen LogP contribution is 2.29. The van der Waals surface area contributed by atoms with E-state index in [-0.39, 0.29) is 6.54 Å². The molecule has 1 heterocycles. The molecular weight excluding hydrogens is 310 g/mol. The van der Waals surface area contributed by atoms with Gasteiger partial charge in [0, 0.05) is 16.5 Å². The van der Waals surface area contributed by atoms with E-state index >= 15 is 0 Å². The SMILES string of the molecule is C[Si](C)(C)OC(=O)CN1C(=O)c2cccc3cccc(c23)C1=O. The summed E-state index contributed by atoms with van der Waals surface area (Å²) in [5.74, 6) is -1.45. The van der Waals surface area contributed by atoms with Gasteiger partial charge >= 0.3 is 5.97 Å². The van der Waals surface area contributed by atoms with Crippen LogP contribution in [0.2, 0.25) is 19.6 Å². The van der Waals surface area contributed by atoms with Crippen LogP contribution in [0, 0.1) is 0 Å². The number of rotatable bonds is 3. The maximum absolute atomic E-state index is 12.6. The summed E-state index contributed by atoms with van der Waals surface area (Å²) in [5.41, 5.74) is 0.886.